The lowest BCUT2D eigenvalue weighted by Crippen LogP contribution is -2.40. The molecule has 0 saturated carbocycles. The van der Waals surface area contributed by atoms with Gasteiger partial charge in [0.15, 0.2) is 0 Å². The first-order valence-corrected chi connectivity index (χ1v) is 9.03. The average Bonchev–Trinajstić information content (AvgIpc) is 2.94. The summed E-state index contributed by atoms with van der Waals surface area (Å²) in [4.78, 5) is 26.1. The van der Waals surface area contributed by atoms with Crippen LogP contribution in [-0.2, 0) is 9.47 Å². The molecular weight excluding hydrogens is 330 g/mol. The molecule has 134 valence electrons. The van der Waals surface area contributed by atoms with Crippen molar-refractivity contribution in [3.05, 3.63) is 21.4 Å². The van der Waals surface area contributed by atoms with Crippen molar-refractivity contribution in [2.75, 3.05) is 20.2 Å². The highest BCUT2D eigenvalue weighted by atomic mass is 32.1. The van der Waals surface area contributed by atoms with Gasteiger partial charge in [-0.15, -0.1) is 11.3 Å². The van der Waals surface area contributed by atoms with Crippen molar-refractivity contribution in [1.82, 2.24) is 4.90 Å². The predicted molar refractivity (Wildman–Crippen MR) is 91.3 cm³/mol. The number of aliphatic hydroxyl groups excluding tert-OH is 1. The summed E-state index contributed by atoms with van der Waals surface area (Å²) in [5.41, 5.74) is 1.29. The SMILES string of the molecule is COC(=O)c1csc(C(O)C2CCN(C(=O)OC(C)C)CC2)c1C. The van der Waals surface area contributed by atoms with E-state index in [1.807, 2.05) is 20.8 Å². The highest BCUT2D eigenvalue weighted by molar-refractivity contribution is 7.10. The van der Waals surface area contributed by atoms with Gasteiger partial charge in [0, 0.05) is 23.3 Å². The fourth-order valence-electron chi connectivity index (χ4n) is 2.92. The second-order valence-corrected chi connectivity index (χ2v) is 7.24. The maximum absolute atomic E-state index is 11.9. The van der Waals surface area contributed by atoms with Crippen molar-refractivity contribution in [3.8, 4) is 0 Å². The fraction of sp³-hybridized carbons (Fsp3) is 0.647. The normalized spacial score (nSPS) is 17.0. The first-order valence-electron chi connectivity index (χ1n) is 8.15. The Hall–Kier alpha value is -1.60. The molecule has 1 atom stereocenters. The zero-order valence-electron chi connectivity index (χ0n) is 14.6. The number of hydrogen-bond donors (Lipinski definition) is 1. The molecule has 7 heteroatoms. The third-order valence-corrected chi connectivity index (χ3v) is 5.49. The van der Waals surface area contributed by atoms with Crippen LogP contribution in [0.4, 0.5) is 4.79 Å². The Morgan fingerprint density at radius 2 is 1.96 bits per heavy atom. The average molecular weight is 355 g/mol. The van der Waals surface area contributed by atoms with E-state index in [9.17, 15) is 14.7 Å². The predicted octanol–water partition coefficient (Wildman–Crippen LogP) is 3.13. The number of nitrogens with zero attached hydrogens (tertiary/aromatic N) is 1. The molecule has 0 aliphatic carbocycles. The Kier molecular flexibility index (Phi) is 6.23. The summed E-state index contributed by atoms with van der Waals surface area (Å²) in [5.74, 6) is -0.315. The number of esters is 1. The number of hydrogen-bond acceptors (Lipinski definition) is 6. The number of rotatable bonds is 4. The molecule has 2 rings (SSSR count). The van der Waals surface area contributed by atoms with Crippen LogP contribution in [0.5, 0.6) is 0 Å². The zero-order chi connectivity index (χ0) is 17.9. The van der Waals surface area contributed by atoms with Gasteiger partial charge in [-0.25, -0.2) is 9.59 Å². The summed E-state index contributed by atoms with van der Waals surface area (Å²) in [7, 11) is 1.35. The van der Waals surface area contributed by atoms with Crippen LogP contribution in [0.3, 0.4) is 0 Å². The third-order valence-electron chi connectivity index (χ3n) is 4.33. The van der Waals surface area contributed by atoms with Gasteiger partial charge in [-0.05, 0) is 45.1 Å². The van der Waals surface area contributed by atoms with Crippen molar-refractivity contribution < 1.29 is 24.2 Å². The lowest BCUT2D eigenvalue weighted by molar-refractivity contribution is 0.0385. The van der Waals surface area contributed by atoms with E-state index >= 15 is 0 Å². The van der Waals surface area contributed by atoms with Gasteiger partial charge in [0.1, 0.15) is 0 Å². The van der Waals surface area contributed by atoms with Gasteiger partial charge < -0.3 is 19.5 Å². The highest BCUT2D eigenvalue weighted by Gasteiger charge is 2.31. The fourth-order valence-corrected chi connectivity index (χ4v) is 4.06. The monoisotopic (exact) mass is 355 g/mol. The Labute approximate surface area is 146 Å². The molecule has 1 aromatic heterocycles. The summed E-state index contributed by atoms with van der Waals surface area (Å²) in [6, 6.07) is 0. The molecule has 0 bridgehead atoms. The molecule has 0 radical (unpaired) electrons. The molecule has 1 aliphatic heterocycles. The molecule has 1 aliphatic rings. The van der Waals surface area contributed by atoms with Crippen LogP contribution in [-0.4, -0.2) is 48.4 Å². The van der Waals surface area contributed by atoms with E-state index in [4.69, 9.17) is 9.47 Å². The standard InChI is InChI=1S/C17H25NO5S/c1-10(2)23-17(21)18-7-5-12(6-8-18)14(19)15-11(3)13(9-24-15)16(20)22-4/h9-10,12,14,19H,5-8H2,1-4H3. The number of thiophene rings is 1. The molecule has 1 amide bonds. The summed E-state index contributed by atoms with van der Waals surface area (Å²) in [6.07, 6.45) is 0.361. The summed E-state index contributed by atoms with van der Waals surface area (Å²) in [6.45, 7) is 6.62. The zero-order valence-corrected chi connectivity index (χ0v) is 15.4. The quantitative estimate of drug-likeness (QED) is 0.840. The highest BCUT2D eigenvalue weighted by Crippen LogP contribution is 2.37. The minimum absolute atomic E-state index is 0.0657. The minimum atomic E-state index is -0.628. The lowest BCUT2D eigenvalue weighted by atomic mass is 9.89. The smallest absolute Gasteiger partial charge is 0.410 e. The molecule has 24 heavy (non-hydrogen) atoms. The molecule has 2 heterocycles. The molecule has 0 aromatic carbocycles. The maximum atomic E-state index is 11.9. The number of likely N-dealkylation sites (tertiary alicyclic amines) is 1. The summed E-state index contributed by atoms with van der Waals surface area (Å²) < 4.78 is 9.96. The first-order chi connectivity index (χ1) is 11.3. The van der Waals surface area contributed by atoms with Gasteiger partial charge in [-0.2, -0.15) is 0 Å². The third kappa shape index (κ3) is 4.08. The Balaban J connectivity index is 1.98. The number of ether oxygens (including phenoxy) is 2. The van der Waals surface area contributed by atoms with Gasteiger partial charge >= 0.3 is 12.1 Å². The van der Waals surface area contributed by atoms with E-state index in [1.165, 1.54) is 18.4 Å². The number of piperidine rings is 1. The molecule has 1 fully saturated rings. The van der Waals surface area contributed by atoms with E-state index in [1.54, 1.807) is 10.3 Å². The summed E-state index contributed by atoms with van der Waals surface area (Å²) in [5, 5.41) is 12.4. The van der Waals surface area contributed by atoms with Crippen LogP contribution in [0.2, 0.25) is 0 Å². The number of methoxy groups -OCH3 is 1. The van der Waals surface area contributed by atoms with Crippen molar-refractivity contribution in [3.63, 3.8) is 0 Å². The van der Waals surface area contributed by atoms with E-state index in [2.05, 4.69) is 0 Å². The largest absolute Gasteiger partial charge is 0.465 e. The van der Waals surface area contributed by atoms with Gasteiger partial charge in [0.2, 0.25) is 0 Å². The second-order valence-electron chi connectivity index (χ2n) is 6.33. The number of amides is 1. The van der Waals surface area contributed by atoms with Crippen LogP contribution >= 0.6 is 11.3 Å². The van der Waals surface area contributed by atoms with Gasteiger partial charge in [0.05, 0.1) is 24.9 Å². The van der Waals surface area contributed by atoms with Crippen LogP contribution in [0.15, 0.2) is 5.38 Å². The lowest BCUT2D eigenvalue weighted by Gasteiger charge is -2.34. The molecule has 0 spiro atoms. The Bertz CT molecular complexity index is 590. The number of aliphatic hydroxyl groups is 1. The molecule has 6 nitrogen and oxygen atoms in total. The Morgan fingerprint density at radius 1 is 1.33 bits per heavy atom. The number of carbonyl (C=O) groups is 2. The number of carbonyl (C=O) groups excluding carboxylic acids is 2. The van der Waals surface area contributed by atoms with E-state index < -0.39 is 6.10 Å². The first kappa shape index (κ1) is 18.7. The minimum Gasteiger partial charge on any atom is -0.465 e. The Morgan fingerprint density at radius 3 is 2.50 bits per heavy atom. The molecule has 1 N–H and O–H groups in total. The van der Waals surface area contributed by atoms with Crippen LogP contribution < -0.4 is 0 Å². The van der Waals surface area contributed by atoms with Gasteiger partial charge in [0.25, 0.3) is 0 Å². The van der Waals surface area contributed by atoms with Crippen molar-refractivity contribution in [1.29, 1.82) is 0 Å². The maximum Gasteiger partial charge on any atom is 0.410 e. The van der Waals surface area contributed by atoms with E-state index in [0.29, 0.717) is 31.5 Å². The van der Waals surface area contributed by atoms with Crippen LogP contribution in [0.1, 0.15) is 53.6 Å². The topological polar surface area (TPSA) is 76.1 Å². The van der Waals surface area contributed by atoms with E-state index in [0.717, 1.165) is 10.4 Å². The van der Waals surface area contributed by atoms with Crippen LogP contribution in [0, 0.1) is 12.8 Å². The second kappa shape index (κ2) is 7.98. The van der Waals surface area contributed by atoms with Crippen molar-refractivity contribution in [2.45, 2.75) is 45.8 Å². The van der Waals surface area contributed by atoms with E-state index in [-0.39, 0.29) is 24.1 Å². The van der Waals surface area contributed by atoms with Crippen LogP contribution in [0.25, 0.3) is 0 Å². The van der Waals surface area contributed by atoms with Gasteiger partial charge in [-0.1, -0.05) is 0 Å². The summed E-state index contributed by atoms with van der Waals surface area (Å²) >= 11 is 1.38. The molecule has 1 aromatic rings. The van der Waals surface area contributed by atoms with Crippen molar-refractivity contribution in [2.24, 2.45) is 5.92 Å². The van der Waals surface area contributed by atoms with Crippen molar-refractivity contribution >= 4 is 23.4 Å². The molecule has 1 saturated heterocycles. The molecule has 1 unspecified atom stereocenters. The van der Waals surface area contributed by atoms with Gasteiger partial charge in [-0.3, -0.25) is 0 Å². The molecular formula is C17H25NO5S.